The van der Waals surface area contributed by atoms with E-state index >= 15 is 0 Å². The summed E-state index contributed by atoms with van der Waals surface area (Å²) in [6.07, 6.45) is 3.13. The van der Waals surface area contributed by atoms with Crippen LogP contribution in [0.4, 0.5) is 0 Å². The van der Waals surface area contributed by atoms with Crippen molar-refractivity contribution in [2.45, 2.75) is 13.8 Å². The van der Waals surface area contributed by atoms with E-state index in [4.69, 9.17) is 14.2 Å². The molecular weight excluding hydrogens is 262 g/mol. The van der Waals surface area contributed by atoms with Crippen LogP contribution in [0.2, 0.25) is 0 Å². The number of nitrogens with zero attached hydrogens (tertiary/aromatic N) is 1. The van der Waals surface area contributed by atoms with Gasteiger partial charge in [-0.1, -0.05) is 0 Å². The van der Waals surface area contributed by atoms with Crippen LogP contribution >= 0.6 is 0 Å². The summed E-state index contributed by atoms with van der Waals surface area (Å²) in [4.78, 5) is 26.5. The number of carbonyl (C=O) groups is 2. The van der Waals surface area contributed by atoms with Gasteiger partial charge in [0.05, 0.1) is 7.11 Å². The van der Waals surface area contributed by atoms with E-state index in [0.717, 1.165) is 5.39 Å². The highest BCUT2D eigenvalue weighted by Gasteiger charge is 2.20. The van der Waals surface area contributed by atoms with E-state index in [1.54, 1.807) is 18.3 Å². The van der Waals surface area contributed by atoms with E-state index in [2.05, 4.69) is 4.98 Å². The molecule has 20 heavy (non-hydrogen) atoms. The van der Waals surface area contributed by atoms with Gasteiger partial charge in [0.25, 0.3) is 0 Å². The second-order valence-corrected chi connectivity index (χ2v) is 4.02. The summed E-state index contributed by atoms with van der Waals surface area (Å²) in [6, 6.07) is 3.42. The molecule has 0 saturated heterocycles. The molecule has 0 unspecified atom stereocenters. The number of methoxy groups -OCH3 is 1. The van der Waals surface area contributed by atoms with Crippen LogP contribution in [0.1, 0.15) is 13.8 Å². The van der Waals surface area contributed by atoms with E-state index in [0.29, 0.717) is 11.1 Å². The molecule has 6 heteroatoms. The zero-order chi connectivity index (χ0) is 14.7. The quantitative estimate of drug-likeness (QED) is 0.630. The van der Waals surface area contributed by atoms with E-state index in [9.17, 15) is 9.59 Å². The number of fused-ring (bicyclic) bond motifs is 1. The molecule has 104 valence electrons. The van der Waals surface area contributed by atoms with Crippen molar-refractivity contribution in [3.63, 3.8) is 0 Å². The fourth-order valence-corrected chi connectivity index (χ4v) is 1.80. The van der Waals surface area contributed by atoms with Gasteiger partial charge in [-0.15, -0.1) is 0 Å². The minimum Gasteiger partial charge on any atom is -0.493 e. The fourth-order valence-electron chi connectivity index (χ4n) is 1.80. The summed E-state index contributed by atoms with van der Waals surface area (Å²) >= 11 is 0. The Kier molecular flexibility index (Phi) is 3.84. The molecule has 0 aliphatic rings. The van der Waals surface area contributed by atoms with Gasteiger partial charge in [0.1, 0.15) is 0 Å². The Bertz CT molecular complexity index is 681. The maximum absolute atomic E-state index is 11.3. The molecule has 0 spiro atoms. The smallest absolute Gasteiger partial charge is 0.308 e. The number of ether oxygens (including phenoxy) is 3. The molecule has 0 N–H and O–H groups in total. The van der Waals surface area contributed by atoms with Crippen LogP contribution in [-0.4, -0.2) is 24.0 Å². The predicted molar refractivity (Wildman–Crippen MR) is 70.9 cm³/mol. The lowest BCUT2D eigenvalue weighted by molar-refractivity contribution is -0.134. The summed E-state index contributed by atoms with van der Waals surface area (Å²) in [5, 5.41) is 1.31. The normalized spacial score (nSPS) is 10.2. The highest BCUT2D eigenvalue weighted by atomic mass is 16.6. The van der Waals surface area contributed by atoms with Crippen LogP contribution in [0, 0.1) is 0 Å². The third kappa shape index (κ3) is 2.69. The van der Waals surface area contributed by atoms with E-state index in [1.165, 1.54) is 27.2 Å². The molecule has 2 rings (SSSR count). The van der Waals surface area contributed by atoms with Crippen molar-refractivity contribution < 1.29 is 23.8 Å². The molecule has 0 saturated carbocycles. The van der Waals surface area contributed by atoms with Crippen LogP contribution < -0.4 is 14.2 Å². The number of carbonyl (C=O) groups excluding carboxylic acids is 2. The number of hydrogen-bond donors (Lipinski definition) is 0. The Morgan fingerprint density at radius 2 is 1.75 bits per heavy atom. The first-order valence-corrected chi connectivity index (χ1v) is 5.84. The van der Waals surface area contributed by atoms with Gasteiger partial charge >= 0.3 is 11.9 Å². The first-order chi connectivity index (χ1) is 9.52. The van der Waals surface area contributed by atoms with Gasteiger partial charge < -0.3 is 14.2 Å². The molecule has 1 aromatic heterocycles. The maximum atomic E-state index is 11.3. The SMILES string of the molecule is COc1cc2ccncc2c(OC(C)=O)c1OC(C)=O. The molecule has 1 aromatic carbocycles. The lowest BCUT2D eigenvalue weighted by atomic mass is 10.1. The minimum absolute atomic E-state index is 0.0655. The van der Waals surface area contributed by atoms with Gasteiger partial charge in [-0.3, -0.25) is 14.6 Å². The first kappa shape index (κ1) is 13.8. The van der Waals surface area contributed by atoms with Crippen molar-refractivity contribution in [1.29, 1.82) is 0 Å². The van der Waals surface area contributed by atoms with Crippen LogP contribution in [0.15, 0.2) is 24.5 Å². The standard InChI is InChI=1S/C14H13NO5/c1-8(16)19-13-11-7-15-5-4-10(11)6-12(18-3)14(13)20-9(2)17/h4-7H,1-3H3. The molecule has 0 aliphatic carbocycles. The van der Waals surface area contributed by atoms with Gasteiger partial charge in [0, 0.05) is 31.6 Å². The Balaban J connectivity index is 2.76. The van der Waals surface area contributed by atoms with Crippen molar-refractivity contribution in [2.24, 2.45) is 0 Å². The molecule has 0 atom stereocenters. The monoisotopic (exact) mass is 275 g/mol. The number of rotatable bonds is 3. The van der Waals surface area contributed by atoms with Crippen LogP contribution in [0.3, 0.4) is 0 Å². The summed E-state index contributed by atoms with van der Waals surface area (Å²) in [6.45, 7) is 2.52. The molecular formula is C14H13NO5. The Hall–Kier alpha value is -2.63. The van der Waals surface area contributed by atoms with Crippen LogP contribution in [-0.2, 0) is 9.59 Å². The van der Waals surface area contributed by atoms with Crippen molar-refractivity contribution in [3.05, 3.63) is 24.5 Å². The molecule has 1 heterocycles. The Morgan fingerprint density at radius 1 is 1.10 bits per heavy atom. The summed E-state index contributed by atoms with van der Waals surface area (Å²) in [5.74, 6) is -0.585. The van der Waals surface area contributed by atoms with Crippen LogP contribution in [0.25, 0.3) is 10.8 Å². The molecule has 0 bridgehead atoms. The maximum Gasteiger partial charge on any atom is 0.308 e. The third-order valence-electron chi connectivity index (χ3n) is 2.53. The zero-order valence-corrected chi connectivity index (χ0v) is 11.3. The lowest BCUT2D eigenvalue weighted by Crippen LogP contribution is -2.09. The molecule has 0 amide bonds. The first-order valence-electron chi connectivity index (χ1n) is 5.84. The second-order valence-electron chi connectivity index (χ2n) is 4.02. The average molecular weight is 275 g/mol. The van der Waals surface area contributed by atoms with Crippen molar-refractivity contribution in [2.75, 3.05) is 7.11 Å². The van der Waals surface area contributed by atoms with Gasteiger partial charge in [-0.05, 0) is 17.5 Å². The van der Waals surface area contributed by atoms with E-state index < -0.39 is 11.9 Å². The van der Waals surface area contributed by atoms with E-state index in [1.807, 2.05) is 0 Å². The zero-order valence-electron chi connectivity index (χ0n) is 11.3. The van der Waals surface area contributed by atoms with Crippen molar-refractivity contribution in [3.8, 4) is 17.2 Å². The lowest BCUT2D eigenvalue weighted by Gasteiger charge is -2.14. The molecule has 6 nitrogen and oxygen atoms in total. The molecule has 0 aliphatic heterocycles. The molecule has 0 radical (unpaired) electrons. The minimum atomic E-state index is -0.542. The van der Waals surface area contributed by atoms with Crippen LogP contribution in [0.5, 0.6) is 17.2 Å². The Morgan fingerprint density at radius 3 is 2.35 bits per heavy atom. The average Bonchev–Trinajstić information content (AvgIpc) is 2.40. The van der Waals surface area contributed by atoms with Crippen molar-refractivity contribution >= 4 is 22.7 Å². The van der Waals surface area contributed by atoms with Crippen molar-refractivity contribution in [1.82, 2.24) is 4.98 Å². The number of hydrogen-bond acceptors (Lipinski definition) is 6. The number of aromatic nitrogens is 1. The van der Waals surface area contributed by atoms with E-state index in [-0.39, 0.29) is 11.5 Å². The Labute approximate surface area is 115 Å². The van der Waals surface area contributed by atoms with Gasteiger partial charge in [0.15, 0.2) is 11.5 Å². The number of benzene rings is 1. The molecule has 0 fully saturated rings. The summed E-state index contributed by atoms with van der Waals surface area (Å²) < 4.78 is 15.5. The highest BCUT2D eigenvalue weighted by molar-refractivity contribution is 5.95. The molecule has 2 aromatic rings. The van der Waals surface area contributed by atoms with Gasteiger partial charge in [-0.25, -0.2) is 0 Å². The highest BCUT2D eigenvalue weighted by Crippen LogP contribution is 2.43. The summed E-state index contributed by atoms with van der Waals surface area (Å²) in [7, 11) is 1.44. The summed E-state index contributed by atoms with van der Waals surface area (Å²) in [5.41, 5.74) is 0. The third-order valence-corrected chi connectivity index (χ3v) is 2.53. The topological polar surface area (TPSA) is 74.7 Å². The number of pyridine rings is 1. The largest absolute Gasteiger partial charge is 0.493 e. The predicted octanol–water partition coefficient (Wildman–Crippen LogP) is 2.09. The number of esters is 2. The van der Waals surface area contributed by atoms with Gasteiger partial charge in [-0.2, -0.15) is 0 Å². The van der Waals surface area contributed by atoms with Gasteiger partial charge in [0.2, 0.25) is 5.75 Å². The second kappa shape index (κ2) is 5.56. The fraction of sp³-hybridized carbons (Fsp3) is 0.214.